The minimum atomic E-state index is 0.187. The SMILES string of the molecule is CCc1ccccc1C(C)Nc1ncnc2cc(-c3ccccc3)sc12. The Morgan fingerprint density at radius 2 is 1.77 bits per heavy atom. The van der Waals surface area contributed by atoms with Crippen LogP contribution in [-0.4, -0.2) is 9.97 Å². The molecule has 0 saturated carbocycles. The Morgan fingerprint density at radius 3 is 2.58 bits per heavy atom. The van der Waals surface area contributed by atoms with Crippen LogP contribution in [0.25, 0.3) is 20.7 Å². The molecule has 26 heavy (non-hydrogen) atoms. The number of fused-ring (bicyclic) bond motifs is 1. The molecule has 130 valence electrons. The first-order chi connectivity index (χ1) is 12.8. The van der Waals surface area contributed by atoms with Crippen LogP contribution >= 0.6 is 11.3 Å². The number of aromatic nitrogens is 2. The first-order valence-corrected chi connectivity index (χ1v) is 9.72. The Bertz CT molecular complexity index is 1020. The molecule has 3 nitrogen and oxygen atoms in total. The predicted molar refractivity (Wildman–Crippen MR) is 111 cm³/mol. The highest BCUT2D eigenvalue weighted by atomic mass is 32.1. The predicted octanol–water partition coefficient (Wildman–Crippen LogP) is 6.09. The molecule has 0 aliphatic heterocycles. The first-order valence-electron chi connectivity index (χ1n) is 8.90. The monoisotopic (exact) mass is 359 g/mol. The third kappa shape index (κ3) is 3.20. The van der Waals surface area contributed by atoms with Crippen molar-refractivity contribution in [3.05, 3.63) is 78.1 Å². The maximum Gasteiger partial charge on any atom is 0.147 e. The van der Waals surface area contributed by atoms with Gasteiger partial charge in [0.2, 0.25) is 0 Å². The number of aryl methyl sites for hydroxylation is 1. The average molecular weight is 359 g/mol. The van der Waals surface area contributed by atoms with Crippen molar-refractivity contribution in [1.29, 1.82) is 0 Å². The third-order valence-corrected chi connectivity index (χ3v) is 5.81. The van der Waals surface area contributed by atoms with Crippen molar-refractivity contribution in [2.45, 2.75) is 26.3 Å². The standard InChI is InChI=1S/C22H21N3S/c1-3-16-9-7-8-12-18(16)15(2)25-22-21-19(23-14-24-22)13-20(26-21)17-10-5-4-6-11-17/h4-15H,3H2,1-2H3,(H,23,24,25). The zero-order valence-corrected chi connectivity index (χ0v) is 15.8. The van der Waals surface area contributed by atoms with Gasteiger partial charge in [-0.15, -0.1) is 11.3 Å². The molecule has 1 atom stereocenters. The van der Waals surface area contributed by atoms with Crippen molar-refractivity contribution in [2.24, 2.45) is 0 Å². The van der Waals surface area contributed by atoms with Crippen LogP contribution in [0.2, 0.25) is 0 Å². The van der Waals surface area contributed by atoms with E-state index in [2.05, 4.69) is 83.7 Å². The fourth-order valence-electron chi connectivity index (χ4n) is 3.26. The number of nitrogens with one attached hydrogen (secondary N) is 1. The number of anilines is 1. The molecule has 0 radical (unpaired) electrons. The zero-order chi connectivity index (χ0) is 17.9. The fraction of sp³-hybridized carbons (Fsp3) is 0.182. The summed E-state index contributed by atoms with van der Waals surface area (Å²) in [4.78, 5) is 10.2. The van der Waals surface area contributed by atoms with Crippen LogP contribution in [0.3, 0.4) is 0 Å². The largest absolute Gasteiger partial charge is 0.362 e. The van der Waals surface area contributed by atoms with Crippen LogP contribution in [-0.2, 0) is 6.42 Å². The summed E-state index contributed by atoms with van der Waals surface area (Å²) in [6, 6.07) is 21.3. The van der Waals surface area contributed by atoms with Crippen molar-refractivity contribution < 1.29 is 0 Å². The molecule has 0 spiro atoms. The summed E-state index contributed by atoms with van der Waals surface area (Å²) in [7, 11) is 0. The van der Waals surface area contributed by atoms with Crippen LogP contribution in [0.15, 0.2) is 67.0 Å². The van der Waals surface area contributed by atoms with Crippen LogP contribution < -0.4 is 5.32 Å². The normalized spacial score (nSPS) is 12.2. The van der Waals surface area contributed by atoms with Gasteiger partial charge in [-0.05, 0) is 36.1 Å². The minimum absolute atomic E-state index is 0.187. The van der Waals surface area contributed by atoms with E-state index in [0.29, 0.717) is 0 Å². The molecule has 2 aromatic heterocycles. The van der Waals surface area contributed by atoms with Gasteiger partial charge in [-0.1, -0.05) is 61.5 Å². The smallest absolute Gasteiger partial charge is 0.147 e. The minimum Gasteiger partial charge on any atom is -0.362 e. The van der Waals surface area contributed by atoms with Gasteiger partial charge >= 0.3 is 0 Å². The lowest BCUT2D eigenvalue weighted by molar-refractivity contribution is 0.854. The second-order valence-electron chi connectivity index (χ2n) is 6.33. The van der Waals surface area contributed by atoms with E-state index in [1.807, 2.05) is 6.07 Å². The lowest BCUT2D eigenvalue weighted by atomic mass is 10.00. The molecule has 1 N–H and O–H groups in total. The quantitative estimate of drug-likeness (QED) is 0.468. The van der Waals surface area contributed by atoms with Crippen LogP contribution in [0, 0.1) is 0 Å². The molecule has 0 saturated heterocycles. The second-order valence-corrected chi connectivity index (χ2v) is 7.38. The zero-order valence-electron chi connectivity index (χ0n) is 14.9. The van der Waals surface area contributed by atoms with Gasteiger partial charge < -0.3 is 5.32 Å². The molecule has 0 amide bonds. The van der Waals surface area contributed by atoms with E-state index in [9.17, 15) is 0 Å². The first kappa shape index (κ1) is 16.7. The number of nitrogens with zero attached hydrogens (tertiary/aromatic N) is 2. The number of thiophene rings is 1. The molecular formula is C22H21N3S. The number of benzene rings is 2. The van der Waals surface area contributed by atoms with Crippen molar-refractivity contribution in [2.75, 3.05) is 5.32 Å². The van der Waals surface area contributed by atoms with Crippen molar-refractivity contribution in [1.82, 2.24) is 9.97 Å². The van der Waals surface area contributed by atoms with Crippen molar-refractivity contribution in [3.63, 3.8) is 0 Å². The summed E-state index contributed by atoms with van der Waals surface area (Å²) < 4.78 is 1.10. The molecule has 1 unspecified atom stereocenters. The Hall–Kier alpha value is -2.72. The summed E-state index contributed by atoms with van der Waals surface area (Å²) in [5, 5.41) is 3.60. The lowest BCUT2D eigenvalue weighted by Crippen LogP contribution is -2.10. The van der Waals surface area contributed by atoms with Gasteiger partial charge in [-0.3, -0.25) is 0 Å². The van der Waals surface area contributed by atoms with Crippen LogP contribution in [0.1, 0.15) is 31.0 Å². The number of hydrogen-bond acceptors (Lipinski definition) is 4. The van der Waals surface area contributed by atoms with E-state index in [1.54, 1.807) is 17.7 Å². The summed E-state index contributed by atoms with van der Waals surface area (Å²) in [6.07, 6.45) is 2.67. The highest BCUT2D eigenvalue weighted by Crippen LogP contribution is 2.36. The van der Waals surface area contributed by atoms with E-state index in [1.165, 1.54) is 21.6 Å². The molecule has 0 bridgehead atoms. The summed E-state index contributed by atoms with van der Waals surface area (Å²) in [6.45, 7) is 4.38. The highest BCUT2D eigenvalue weighted by molar-refractivity contribution is 7.22. The molecule has 4 heteroatoms. The molecule has 4 aromatic rings. The van der Waals surface area contributed by atoms with Crippen LogP contribution in [0.5, 0.6) is 0 Å². The maximum absolute atomic E-state index is 4.52. The van der Waals surface area contributed by atoms with Gasteiger partial charge in [0, 0.05) is 4.88 Å². The van der Waals surface area contributed by atoms with Gasteiger partial charge in [0.05, 0.1) is 16.3 Å². The molecule has 0 aliphatic rings. The molecule has 0 aliphatic carbocycles. The fourth-order valence-corrected chi connectivity index (χ4v) is 4.33. The maximum atomic E-state index is 4.52. The van der Waals surface area contributed by atoms with Gasteiger partial charge in [0.1, 0.15) is 12.1 Å². The lowest BCUT2D eigenvalue weighted by Gasteiger charge is -2.18. The van der Waals surface area contributed by atoms with Gasteiger partial charge in [-0.25, -0.2) is 9.97 Å². The van der Waals surface area contributed by atoms with Gasteiger partial charge in [0.15, 0.2) is 0 Å². The average Bonchev–Trinajstić information content (AvgIpc) is 3.14. The van der Waals surface area contributed by atoms with Crippen LogP contribution in [0.4, 0.5) is 5.82 Å². The molecule has 4 rings (SSSR count). The molecule has 2 aromatic carbocycles. The van der Waals surface area contributed by atoms with Crippen molar-refractivity contribution >= 4 is 27.4 Å². The van der Waals surface area contributed by atoms with E-state index in [0.717, 1.165) is 22.5 Å². The van der Waals surface area contributed by atoms with Crippen molar-refractivity contribution in [3.8, 4) is 10.4 Å². The van der Waals surface area contributed by atoms with E-state index in [4.69, 9.17) is 0 Å². The van der Waals surface area contributed by atoms with Gasteiger partial charge in [0.25, 0.3) is 0 Å². The van der Waals surface area contributed by atoms with E-state index < -0.39 is 0 Å². The molecular weight excluding hydrogens is 338 g/mol. The molecule has 0 fully saturated rings. The van der Waals surface area contributed by atoms with Gasteiger partial charge in [-0.2, -0.15) is 0 Å². The van der Waals surface area contributed by atoms with E-state index >= 15 is 0 Å². The Morgan fingerprint density at radius 1 is 1.00 bits per heavy atom. The van der Waals surface area contributed by atoms with E-state index in [-0.39, 0.29) is 6.04 Å². The second kappa shape index (κ2) is 7.26. The molecule has 2 heterocycles. The number of rotatable bonds is 5. The summed E-state index contributed by atoms with van der Waals surface area (Å²) in [5.74, 6) is 0.903. The summed E-state index contributed by atoms with van der Waals surface area (Å²) >= 11 is 1.74. The highest BCUT2D eigenvalue weighted by Gasteiger charge is 2.14. The Kier molecular flexibility index (Phi) is 4.67. The Labute approximate surface area is 157 Å². The topological polar surface area (TPSA) is 37.8 Å². The summed E-state index contributed by atoms with van der Waals surface area (Å²) in [5.41, 5.74) is 4.89. The Balaban J connectivity index is 1.69. The third-order valence-electron chi connectivity index (χ3n) is 4.63. The number of hydrogen-bond donors (Lipinski definition) is 1.